The van der Waals surface area contributed by atoms with Crippen molar-refractivity contribution >= 4 is 11.1 Å². The molecule has 0 saturated carbocycles. The largest absolute Gasteiger partial charge is 0.494 e. The molecule has 2 nitrogen and oxygen atoms in total. The van der Waals surface area contributed by atoms with Crippen LogP contribution in [0, 0.1) is 11.6 Å². The molecule has 128 valence electrons. The van der Waals surface area contributed by atoms with Gasteiger partial charge in [0.15, 0.2) is 23.1 Å². The molecule has 0 aliphatic carbocycles. The zero-order valence-electron chi connectivity index (χ0n) is 14.5. The number of benzene rings is 2. The molecule has 0 aliphatic heterocycles. The van der Waals surface area contributed by atoms with Gasteiger partial charge in [-0.05, 0) is 59.4 Å². The third-order valence-electron chi connectivity index (χ3n) is 4.07. The van der Waals surface area contributed by atoms with Crippen molar-refractivity contribution in [1.29, 1.82) is 0 Å². The molecule has 0 bridgehead atoms. The Hall–Kier alpha value is -2.36. The lowest BCUT2D eigenvalue weighted by Crippen LogP contribution is -1.96. The van der Waals surface area contributed by atoms with Crippen molar-refractivity contribution < 1.29 is 18.3 Å². The van der Waals surface area contributed by atoms with Crippen LogP contribution in [0.3, 0.4) is 0 Å². The summed E-state index contributed by atoms with van der Waals surface area (Å²) in [6.07, 6.45) is 1.42. The van der Waals surface area contributed by atoms with Gasteiger partial charge in [-0.3, -0.25) is 0 Å². The minimum atomic E-state index is -0.405. The van der Waals surface area contributed by atoms with Crippen molar-refractivity contribution in [3.05, 3.63) is 59.2 Å². The summed E-state index contributed by atoms with van der Waals surface area (Å²) in [6, 6.07) is 9.82. The Morgan fingerprint density at radius 2 is 1.12 bits per heavy atom. The van der Waals surface area contributed by atoms with E-state index in [1.54, 1.807) is 12.1 Å². The number of halogens is 2. The molecule has 0 fully saturated rings. The smallest absolute Gasteiger partial charge is 0.165 e. The van der Waals surface area contributed by atoms with E-state index in [2.05, 4.69) is 0 Å². The maximum absolute atomic E-state index is 14.1. The van der Waals surface area contributed by atoms with Crippen molar-refractivity contribution in [2.45, 2.75) is 26.7 Å². The number of hydrogen-bond donors (Lipinski definition) is 0. The third-order valence-corrected chi connectivity index (χ3v) is 4.07. The van der Waals surface area contributed by atoms with Gasteiger partial charge in [0.2, 0.25) is 0 Å². The maximum Gasteiger partial charge on any atom is 0.165 e. The molecule has 4 heteroatoms. The lowest BCUT2D eigenvalue weighted by molar-refractivity contribution is 0.386. The number of rotatable bonds is 6. The normalized spacial score (nSPS) is 11.9. The second kappa shape index (κ2) is 7.95. The first-order chi connectivity index (χ1) is 11.5. The summed E-state index contributed by atoms with van der Waals surface area (Å²) < 4.78 is 38.1. The highest BCUT2D eigenvalue weighted by Crippen LogP contribution is 2.34. The first-order valence-corrected chi connectivity index (χ1v) is 7.95. The van der Waals surface area contributed by atoms with Crippen molar-refractivity contribution in [2.24, 2.45) is 0 Å². The highest BCUT2D eigenvalue weighted by molar-refractivity contribution is 5.90. The summed E-state index contributed by atoms with van der Waals surface area (Å²) in [7, 11) is 2.87. The SMILES string of the molecule is CC/C(=C(\CC)c1ccc(OC)c(F)c1)c1ccc(OC)c(F)c1. The van der Waals surface area contributed by atoms with Gasteiger partial charge in [0.25, 0.3) is 0 Å². The Morgan fingerprint density at radius 1 is 0.750 bits per heavy atom. The average Bonchev–Trinajstić information content (AvgIpc) is 2.59. The molecule has 0 aliphatic rings. The quantitative estimate of drug-likeness (QED) is 0.631. The molecule has 0 amide bonds. The van der Waals surface area contributed by atoms with Crippen LogP contribution in [-0.2, 0) is 0 Å². The van der Waals surface area contributed by atoms with Crippen molar-refractivity contribution in [3.63, 3.8) is 0 Å². The highest BCUT2D eigenvalue weighted by Gasteiger charge is 2.13. The van der Waals surface area contributed by atoms with Crippen LogP contribution in [0.1, 0.15) is 37.8 Å². The zero-order valence-corrected chi connectivity index (χ0v) is 14.5. The van der Waals surface area contributed by atoms with Crippen molar-refractivity contribution in [1.82, 2.24) is 0 Å². The molecule has 24 heavy (non-hydrogen) atoms. The summed E-state index contributed by atoms with van der Waals surface area (Å²) in [4.78, 5) is 0. The van der Waals surface area contributed by atoms with E-state index >= 15 is 0 Å². The number of methoxy groups -OCH3 is 2. The van der Waals surface area contributed by atoms with E-state index in [-0.39, 0.29) is 11.5 Å². The predicted molar refractivity (Wildman–Crippen MR) is 93.3 cm³/mol. The summed E-state index contributed by atoms with van der Waals surface area (Å²) in [6.45, 7) is 4.01. The van der Waals surface area contributed by atoms with Gasteiger partial charge in [-0.1, -0.05) is 26.0 Å². The molecule has 0 heterocycles. The minimum Gasteiger partial charge on any atom is -0.494 e. The van der Waals surface area contributed by atoms with Gasteiger partial charge in [-0.25, -0.2) is 8.78 Å². The molecule has 2 aromatic carbocycles. The Balaban J connectivity index is 2.57. The van der Waals surface area contributed by atoms with Gasteiger partial charge in [0.1, 0.15) is 0 Å². The molecule has 0 atom stereocenters. The molecule has 0 spiro atoms. The fourth-order valence-corrected chi connectivity index (χ4v) is 2.89. The van der Waals surface area contributed by atoms with Crippen molar-refractivity contribution in [2.75, 3.05) is 14.2 Å². The van der Waals surface area contributed by atoms with E-state index in [1.807, 2.05) is 26.0 Å². The van der Waals surface area contributed by atoms with Crippen molar-refractivity contribution in [3.8, 4) is 11.5 Å². The Bertz CT molecular complexity index is 688. The summed E-state index contributed by atoms with van der Waals surface area (Å²) >= 11 is 0. The molecule has 2 aromatic rings. The number of ether oxygens (including phenoxy) is 2. The topological polar surface area (TPSA) is 18.5 Å². The molecule has 0 radical (unpaired) electrons. The number of hydrogen-bond acceptors (Lipinski definition) is 2. The van der Waals surface area contributed by atoms with E-state index in [4.69, 9.17) is 9.47 Å². The minimum absolute atomic E-state index is 0.211. The van der Waals surface area contributed by atoms with Gasteiger partial charge in [-0.2, -0.15) is 0 Å². The monoisotopic (exact) mass is 332 g/mol. The Kier molecular flexibility index (Phi) is 5.96. The van der Waals surface area contributed by atoms with E-state index in [0.29, 0.717) is 12.8 Å². The lowest BCUT2D eigenvalue weighted by atomic mass is 9.91. The molecular formula is C20H22F2O2. The van der Waals surface area contributed by atoms with Crippen LogP contribution in [0.2, 0.25) is 0 Å². The van der Waals surface area contributed by atoms with Gasteiger partial charge < -0.3 is 9.47 Å². The summed E-state index contributed by atoms with van der Waals surface area (Å²) in [5.41, 5.74) is 3.54. The molecular weight excluding hydrogens is 310 g/mol. The highest BCUT2D eigenvalue weighted by atomic mass is 19.1. The lowest BCUT2D eigenvalue weighted by Gasteiger charge is -2.15. The first kappa shape index (κ1) is 18.0. The fraction of sp³-hybridized carbons (Fsp3) is 0.300. The third kappa shape index (κ3) is 3.58. The Labute approximate surface area is 141 Å². The van der Waals surface area contributed by atoms with Crippen LogP contribution in [-0.4, -0.2) is 14.2 Å². The second-order valence-corrected chi connectivity index (χ2v) is 5.36. The summed E-state index contributed by atoms with van der Waals surface area (Å²) in [5.74, 6) is -0.389. The van der Waals surface area contributed by atoms with E-state index in [0.717, 1.165) is 22.3 Å². The number of allylic oxidation sites excluding steroid dienone is 2. The molecule has 0 unspecified atom stereocenters. The zero-order chi connectivity index (χ0) is 17.7. The average molecular weight is 332 g/mol. The van der Waals surface area contributed by atoms with Crippen LogP contribution < -0.4 is 9.47 Å². The predicted octanol–water partition coefficient (Wildman–Crippen LogP) is 5.71. The molecule has 0 saturated heterocycles. The first-order valence-electron chi connectivity index (χ1n) is 7.95. The molecule has 0 aromatic heterocycles. The maximum atomic E-state index is 14.1. The fourth-order valence-electron chi connectivity index (χ4n) is 2.89. The van der Waals surface area contributed by atoms with Crippen LogP contribution >= 0.6 is 0 Å². The second-order valence-electron chi connectivity index (χ2n) is 5.36. The van der Waals surface area contributed by atoms with Gasteiger partial charge in [0, 0.05) is 0 Å². The summed E-state index contributed by atoms with van der Waals surface area (Å²) in [5, 5.41) is 0. The van der Waals surface area contributed by atoms with Crippen LogP contribution in [0.5, 0.6) is 11.5 Å². The van der Waals surface area contributed by atoms with Gasteiger partial charge in [-0.15, -0.1) is 0 Å². The molecule has 0 N–H and O–H groups in total. The standard InChI is InChI=1S/C20H22F2O2/c1-5-15(13-7-9-19(23-3)17(21)11-13)16(6-2)14-8-10-20(24-4)18(22)12-14/h7-12H,5-6H2,1-4H3/b16-15-. The van der Waals surface area contributed by atoms with E-state index in [9.17, 15) is 8.78 Å². The van der Waals surface area contributed by atoms with Crippen LogP contribution in [0.15, 0.2) is 36.4 Å². The van der Waals surface area contributed by atoms with Crippen LogP contribution in [0.4, 0.5) is 8.78 Å². The van der Waals surface area contributed by atoms with E-state index in [1.165, 1.54) is 26.4 Å². The Morgan fingerprint density at radius 3 is 1.38 bits per heavy atom. The van der Waals surface area contributed by atoms with Gasteiger partial charge >= 0.3 is 0 Å². The molecule has 2 rings (SSSR count). The van der Waals surface area contributed by atoms with Gasteiger partial charge in [0.05, 0.1) is 14.2 Å². The van der Waals surface area contributed by atoms with Crippen LogP contribution in [0.25, 0.3) is 11.1 Å². The van der Waals surface area contributed by atoms with E-state index < -0.39 is 11.6 Å².